The van der Waals surface area contributed by atoms with E-state index < -0.39 is 17.3 Å². The fourth-order valence-electron chi connectivity index (χ4n) is 1.06. The highest BCUT2D eigenvalue weighted by atomic mass is 32.1. The van der Waals surface area contributed by atoms with Gasteiger partial charge in [0, 0.05) is 11.6 Å². The SMILES string of the molecule is N#Cc1ccc(N=CC=S)cc1C(F)(F)F. The minimum Gasteiger partial charge on any atom is -0.256 e. The van der Waals surface area contributed by atoms with E-state index in [0.717, 1.165) is 12.1 Å². The molecule has 0 aromatic heterocycles. The van der Waals surface area contributed by atoms with E-state index in [0.29, 0.717) is 0 Å². The molecule has 1 aromatic carbocycles. The normalized spacial score (nSPS) is 11.4. The first-order chi connectivity index (χ1) is 7.49. The highest BCUT2D eigenvalue weighted by Crippen LogP contribution is 2.34. The van der Waals surface area contributed by atoms with Crippen molar-refractivity contribution in [2.75, 3.05) is 0 Å². The third-order valence-electron chi connectivity index (χ3n) is 1.71. The van der Waals surface area contributed by atoms with Crippen molar-refractivity contribution in [3.8, 4) is 6.07 Å². The smallest absolute Gasteiger partial charge is 0.256 e. The van der Waals surface area contributed by atoms with Gasteiger partial charge in [0.05, 0.1) is 22.9 Å². The molecular formula is C10H5F3N2S. The Morgan fingerprint density at radius 1 is 1.38 bits per heavy atom. The summed E-state index contributed by atoms with van der Waals surface area (Å²) in [6, 6.07) is 4.70. The second kappa shape index (κ2) is 4.86. The number of nitriles is 1. The van der Waals surface area contributed by atoms with E-state index in [1.807, 2.05) is 0 Å². The number of hydrogen-bond donors (Lipinski definition) is 0. The van der Waals surface area contributed by atoms with E-state index in [2.05, 4.69) is 17.2 Å². The van der Waals surface area contributed by atoms with Gasteiger partial charge in [-0.15, -0.1) is 0 Å². The van der Waals surface area contributed by atoms with E-state index in [9.17, 15) is 13.2 Å². The number of aliphatic imine (C=N–C) groups is 1. The van der Waals surface area contributed by atoms with Crippen LogP contribution in [0.25, 0.3) is 0 Å². The maximum absolute atomic E-state index is 12.5. The molecule has 16 heavy (non-hydrogen) atoms. The number of alkyl halides is 3. The summed E-state index contributed by atoms with van der Waals surface area (Å²) in [5.74, 6) is 0. The van der Waals surface area contributed by atoms with Crippen LogP contribution in [0.5, 0.6) is 0 Å². The van der Waals surface area contributed by atoms with Gasteiger partial charge in [0.1, 0.15) is 0 Å². The van der Waals surface area contributed by atoms with Gasteiger partial charge < -0.3 is 0 Å². The summed E-state index contributed by atoms with van der Waals surface area (Å²) in [5.41, 5.74) is -1.31. The third-order valence-corrected chi connectivity index (χ3v) is 1.84. The minimum atomic E-state index is -4.56. The quantitative estimate of drug-likeness (QED) is 0.589. The summed E-state index contributed by atoms with van der Waals surface area (Å²) in [4.78, 5) is 3.68. The average Bonchev–Trinajstić information content (AvgIpc) is 2.24. The third kappa shape index (κ3) is 2.87. The lowest BCUT2D eigenvalue weighted by molar-refractivity contribution is -0.137. The summed E-state index contributed by atoms with van der Waals surface area (Å²) in [7, 11) is 0. The maximum Gasteiger partial charge on any atom is 0.417 e. The van der Waals surface area contributed by atoms with Crippen molar-refractivity contribution in [2.45, 2.75) is 6.18 Å². The number of hydrogen-bond acceptors (Lipinski definition) is 3. The largest absolute Gasteiger partial charge is 0.417 e. The number of thiocarbonyl (C=S) groups is 1. The molecule has 0 aliphatic carbocycles. The first kappa shape index (κ1) is 12.3. The van der Waals surface area contributed by atoms with Crippen LogP contribution in [0.15, 0.2) is 23.2 Å². The van der Waals surface area contributed by atoms with Gasteiger partial charge in [0.25, 0.3) is 0 Å². The molecule has 0 saturated heterocycles. The molecule has 6 heteroatoms. The monoisotopic (exact) mass is 242 g/mol. The molecule has 1 rings (SSSR count). The van der Waals surface area contributed by atoms with E-state index >= 15 is 0 Å². The molecule has 0 spiro atoms. The number of rotatable bonds is 2. The fourth-order valence-corrected chi connectivity index (χ4v) is 1.12. The van der Waals surface area contributed by atoms with Crippen LogP contribution in [0.2, 0.25) is 0 Å². The molecular weight excluding hydrogens is 237 g/mol. The van der Waals surface area contributed by atoms with E-state index in [4.69, 9.17) is 5.26 Å². The van der Waals surface area contributed by atoms with Crippen LogP contribution in [0.4, 0.5) is 18.9 Å². The van der Waals surface area contributed by atoms with Gasteiger partial charge in [-0.2, -0.15) is 18.4 Å². The topological polar surface area (TPSA) is 36.1 Å². The molecule has 0 atom stereocenters. The molecule has 82 valence electrons. The Morgan fingerprint density at radius 2 is 2.06 bits per heavy atom. The number of halogens is 3. The van der Waals surface area contributed by atoms with Crippen molar-refractivity contribution in [3.05, 3.63) is 29.3 Å². The van der Waals surface area contributed by atoms with Crippen molar-refractivity contribution in [1.82, 2.24) is 0 Å². The summed E-state index contributed by atoms with van der Waals surface area (Å²) in [6.45, 7) is 0. The van der Waals surface area contributed by atoms with Gasteiger partial charge in [-0.1, -0.05) is 12.2 Å². The predicted octanol–water partition coefficient (Wildman–Crippen LogP) is 3.28. The fraction of sp³-hybridized carbons (Fsp3) is 0.100. The zero-order valence-electron chi connectivity index (χ0n) is 7.82. The molecule has 0 saturated carbocycles. The van der Waals surface area contributed by atoms with Crippen LogP contribution in [-0.4, -0.2) is 11.6 Å². The van der Waals surface area contributed by atoms with Crippen molar-refractivity contribution in [2.24, 2.45) is 4.99 Å². The first-order valence-electron chi connectivity index (χ1n) is 4.08. The lowest BCUT2D eigenvalue weighted by Crippen LogP contribution is -2.07. The highest BCUT2D eigenvalue weighted by Gasteiger charge is 2.33. The molecule has 0 unspecified atom stereocenters. The van der Waals surface area contributed by atoms with Crippen LogP contribution < -0.4 is 0 Å². The Morgan fingerprint density at radius 3 is 2.56 bits per heavy atom. The number of benzene rings is 1. The van der Waals surface area contributed by atoms with Crippen LogP contribution in [-0.2, 0) is 6.18 Å². The molecule has 0 radical (unpaired) electrons. The molecule has 0 heterocycles. The van der Waals surface area contributed by atoms with Crippen molar-refractivity contribution in [3.63, 3.8) is 0 Å². The number of nitrogens with zero attached hydrogens (tertiary/aromatic N) is 2. The zero-order valence-corrected chi connectivity index (χ0v) is 8.64. The van der Waals surface area contributed by atoms with Crippen molar-refractivity contribution >= 4 is 29.5 Å². The van der Waals surface area contributed by atoms with Crippen LogP contribution in [0.1, 0.15) is 11.1 Å². The standard InChI is InChI=1S/C10H5F3N2S/c11-10(12,13)9-5-8(15-3-4-16)2-1-7(9)6-14/h1-5H. The lowest BCUT2D eigenvalue weighted by Gasteiger charge is -2.08. The van der Waals surface area contributed by atoms with Gasteiger partial charge >= 0.3 is 6.18 Å². The van der Waals surface area contributed by atoms with Crippen LogP contribution in [0.3, 0.4) is 0 Å². The van der Waals surface area contributed by atoms with Gasteiger partial charge in [0.2, 0.25) is 0 Å². The van der Waals surface area contributed by atoms with Crippen molar-refractivity contribution < 1.29 is 13.2 Å². The summed E-state index contributed by atoms with van der Waals surface area (Å²) >= 11 is 4.46. The van der Waals surface area contributed by atoms with Gasteiger partial charge in [0.15, 0.2) is 0 Å². The van der Waals surface area contributed by atoms with Gasteiger partial charge in [-0.25, -0.2) is 0 Å². The average molecular weight is 242 g/mol. The van der Waals surface area contributed by atoms with Crippen LogP contribution >= 0.6 is 12.2 Å². The van der Waals surface area contributed by atoms with E-state index in [-0.39, 0.29) is 5.69 Å². The Labute approximate surface area is 95.0 Å². The molecule has 2 nitrogen and oxygen atoms in total. The Hall–Kier alpha value is -1.74. The first-order valence-corrected chi connectivity index (χ1v) is 4.55. The zero-order chi connectivity index (χ0) is 12.2. The summed E-state index contributed by atoms with van der Waals surface area (Å²) in [6.07, 6.45) is -3.36. The summed E-state index contributed by atoms with van der Waals surface area (Å²) in [5, 5.41) is 9.72. The summed E-state index contributed by atoms with van der Waals surface area (Å²) < 4.78 is 37.5. The second-order valence-corrected chi connectivity index (χ2v) is 3.03. The second-order valence-electron chi connectivity index (χ2n) is 2.75. The Kier molecular flexibility index (Phi) is 3.74. The molecule has 0 bridgehead atoms. The maximum atomic E-state index is 12.5. The lowest BCUT2D eigenvalue weighted by atomic mass is 10.1. The Balaban J connectivity index is 3.28. The Bertz CT molecular complexity index is 472. The van der Waals surface area contributed by atoms with E-state index in [1.165, 1.54) is 23.7 Å². The van der Waals surface area contributed by atoms with Crippen LogP contribution in [0, 0.1) is 11.3 Å². The molecule has 1 aromatic rings. The highest BCUT2D eigenvalue weighted by molar-refractivity contribution is 7.80. The van der Waals surface area contributed by atoms with Crippen molar-refractivity contribution in [1.29, 1.82) is 5.26 Å². The molecule has 0 N–H and O–H groups in total. The molecule has 0 amide bonds. The molecule has 0 aliphatic rings. The molecule has 0 fully saturated rings. The minimum absolute atomic E-state index is 0.104. The van der Waals surface area contributed by atoms with Gasteiger partial charge in [-0.05, 0) is 18.2 Å². The van der Waals surface area contributed by atoms with Gasteiger partial charge in [-0.3, -0.25) is 4.99 Å². The molecule has 0 aliphatic heterocycles. The van der Waals surface area contributed by atoms with E-state index in [1.54, 1.807) is 0 Å². The predicted molar refractivity (Wildman–Crippen MR) is 58.0 cm³/mol.